The lowest BCUT2D eigenvalue weighted by atomic mass is 10.1. The van der Waals surface area contributed by atoms with E-state index in [4.69, 9.17) is 4.84 Å². The Morgan fingerprint density at radius 2 is 1.47 bits per heavy atom. The average Bonchev–Trinajstić information content (AvgIpc) is 2.32. The van der Waals surface area contributed by atoms with Crippen LogP contribution in [0.1, 0.15) is 78.1 Å². The maximum atomic E-state index is 11.0. The van der Waals surface area contributed by atoms with E-state index in [-0.39, 0.29) is 5.97 Å². The third kappa shape index (κ3) is 13.4. The van der Waals surface area contributed by atoms with E-state index in [0.29, 0.717) is 6.42 Å². The molecule has 0 aromatic heterocycles. The Labute approximate surface area is 106 Å². The maximum absolute atomic E-state index is 11.0. The molecule has 0 aliphatic carbocycles. The zero-order valence-electron chi connectivity index (χ0n) is 11.7. The summed E-state index contributed by atoms with van der Waals surface area (Å²) in [5.74, 6) is -0.0907. The lowest BCUT2D eigenvalue weighted by Crippen LogP contribution is -2.84. The molecule has 0 rings (SSSR count). The molecule has 0 atom stereocenters. The number of hydroxylamine groups is 1. The van der Waals surface area contributed by atoms with Crippen molar-refractivity contribution in [3.05, 3.63) is 0 Å². The van der Waals surface area contributed by atoms with Gasteiger partial charge in [-0.2, -0.15) is 0 Å². The molecule has 0 bridgehead atoms. The lowest BCUT2D eigenvalue weighted by molar-refractivity contribution is -0.872. The molecule has 3 heteroatoms. The van der Waals surface area contributed by atoms with Gasteiger partial charge in [0.1, 0.15) is 13.0 Å². The Hall–Kier alpha value is -0.570. The summed E-state index contributed by atoms with van der Waals surface area (Å²) in [6.45, 7) is 5.14. The van der Waals surface area contributed by atoms with Crippen LogP contribution in [-0.4, -0.2) is 12.5 Å². The molecule has 17 heavy (non-hydrogen) atoms. The van der Waals surface area contributed by atoms with Crippen molar-refractivity contribution in [2.24, 2.45) is 0 Å². The summed E-state index contributed by atoms with van der Waals surface area (Å²) in [6, 6.07) is 0. The highest BCUT2D eigenvalue weighted by molar-refractivity contribution is 5.68. The highest BCUT2D eigenvalue weighted by atomic mass is 16.7. The number of nitrogens with two attached hydrogens (primary N) is 1. The van der Waals surface area contributed by atoms with Gasteiger partial charge >= 0.3 is 5.97 Å². The first-order valence-electron chi connectivity index (χ1n) is 7.32. The number of hydrogen-bond acceptors (Lipinski definition) is 2. The Morgan fingerprint density at radius 1 is 0.882 bits per heavy atom. The van der Waals surface area contributed by atoms with Crippen molar-refractivity contribution in [2.45, 2.75) is 78.1 Å². The van der Waals surface area contributed by atoms with E-state index in [1.807, 2.05) is 6.92 Å². The van der Waals surface area contributed by atoms with Gasteiger partial charge in [0.15, 0.2) is 0 Å². The highest BCUT2D eigenvalue weighted by Gasteiger charge is 2.18. The number of unbranched alkanes of at least 4 members (excludes halogenated alkanes) is 7. The highest BCUT2D eigenvalue weighted by Crippen LogP contribution is 2.07. The minimum absolute atomic E-state index is 0.0907. The van der Waals surface area contributed by atoms with Gasteiger partial charge in [0.2, 0.25) is 0 Å². The smallest absolute Gasteiger partial charge is 0.0899 e. The lowest BCUT2D eigenvalue weighted by Gasteiger charge is -1.99. The number of carbonyl (C=O) groups is 1. The summed E-state index contributed by atoms with van der Waals surface area (Å²) >= 11 is 0. The number of quaternary nitrogens is 1. The van der Waals surface area contributed by atoms with Crippen molar-refractivity contribution in [3.8, 4) is 0 Å². The summed E-state index contributed by atoms with van der Waals surface area (Å²) in [7, 11) is 0. The normalized spacial score (nSPS) is 10.5. The largest absolute Gasteiger partial charge is 0.638 e. The Bertz CT molecular complexity index is 172. The van der Waals surface area contributed by atoms with E-state index in [1.54, 1.807) is 5.48 Å². The molecule has 0 aromatic carbocycles. The van der Waals surface area contributed by atoms with Gasteiger partial charge in [0.05, 0.1) is 4.79 Å². The predicted molar refractivity (Wildman–Crippen MR) is 70.4 cm³/mol. The van der Waals surface area contributed by atoms with E-state index in [1.165, 1.54) is 44.9 Å². The monoisotopic (exact) mass is 244 g/mol. The van der Waals surface area contributed by atoms with Gasteiger partial charge in [0.25, 0.3) is 0 Å². The Kier molecular flexibility index (Phi) is 13.0. The van der Waals surface area contributed by atoms with Gasteiger partial charge in [0, 0.05) is 6.42 Å². The van der Waals surface area contributed by atoms with Crippen molar-refractivity contribution >= 4 is 5.97 Å². The van der Waals surface area contributed by atoms with Crippen LogP contribution in [0.2, 0.25) is 0 Å². The molecule has 0 amide bonds. The van der Waals surface area contributed by atoms with Crippen molar-refractivity contribution in [2.75, 3.05) is 6.54 Å². The molecule has 0 aliphatic rings. The van der Waals surface area contributed by atoms with Crippen LogP contribution in [0.15, 0.2) is 0 Å². The van der Waals surface area contributed by atoms with Crippen molar-refractivity contribution < 1.29 is 15.1 Å². The van der Waals surface area contributed by atoms with Gasteiger partial charge in [-0.15, -0.1) is 0 Å². The first-order chi connectivity index (χ1) is 8.31. The summed E-state index contributed by atoms with van der Waals surface area (Å²) in [5.41, 5.74) is 1.68. The molecule has 101 valence electrons. The first-order valence-corrected chi connectivity index (χ1v) is 7.32. The first kappa shape index (κ1) is 16.4. The molecule has 0 saturated heterocycles. The fourth-order valence-electron chi connectivity index (χ4n) is 1.78. The third-order valence-electron chi connectivity index (χ3n) is 2.84. The van der Waals surface area contributed by atoms with Crippen LogP contribution >= 0.6 is 0 Å². The van der Waals surface area contributed by atoms with E-state index >= 15 is 0 Å². The van der Waals surface area contributed by atoms with Gasteiger partial charge in [-0.1, -0.05) is 62.7 Å². The second-order valence-electron chi connectivity index (χ2n) is 4.67. The van der Waals surface area contributed by atoms with E-state index in [0.717, 1.165) is 19.4 Å². The molecular formula is C14H30NO2+2. The topological polar surface area (TPSA) is 45.7 Å². The van der Waals surface area contributed by atoms with Crippen LogP contribution in [0, 0.1) is 0 Å². The fourth-order valence-corrected chi connectivity index (χ4v) is 1.78. The van der Waals surface area contributed by atoms with Crippen LogP contribution in [0.25, 0.3) is 0 Å². The number of carbonyl (C=O) groups excluding carboxylic acids is 1. The van der Waals surface area contributed by atoms with Crippen LogP contribution in [-0.2, 0) is 9.63 Å². The fraction of sp³-hybridized carbons (Fsp3) is 0.929. The van der Waals surface area contributed by atoms with Gasteiger partial charge in [-0.3, -0.25) is 0 Å². The van der Waals surface area contributed by atoms with E-state index < -0.39 is 0 Å². The second kappa shape index (κ2) is 13.5. The molecular weight excluding hydrogens is 214 g/mol. The minimum Gasteiger partial charge on any atom is -0.0899 e. The van der Waals surface area contributed by atoms with Gasteiger partial charge in [-0.05, 0) is 12.8 Å². The number of hydrogen-bond donors (Lipinski definition) is 1. The number of rotatable bonds is 12. The average molecular weight is 244 g/mol. The van der Waals surface area contributed by atoms with Crippen molar-refractivity contribution in [1.82, 2.24) is 0 Å². The summed E-state index contributed by atoms with van der Waals surface area (Å²) in [6.07, 6.45) is 11.9. The van der Waals surface area contributed by atoms with Crippen LogP contribution in [0.3, 0.4) is 0 Å². The summed E-state index contributed by atoms with van der Waals surface area (Å²) in [4.78, 5) is 16.0. The molecule has 0 fully saturated rings. The maximum Gasteiger partial charge on any atom is 0.638 e. The van der Waals surface area contributed by atoms with Crippen molar-refractivity contribution in [3.63, 3.8) is 0 Å². The molecule has 0 aromatic rings. The van der Waals surface area contributed by atoms with Crippen LogP contribution in [0.4, 0.5) is 0 Å². The third-order valence-corrected chi connectivity index (χ3v) is 2.84. The van der Waals surface area contributed by atoms with Gasteiger partial charge in [-0.25, -0.2) is 0 Å². The standard InChI is InChI=1S/C14H29NO2/c1-3-5-6-7-8-9-10-11-13-15-17-14(16)12-4-2/h15H,3-13H2,1-2H3/q+1/p+1. The van der Waals surface area contributed by atoms with Crippen LogP contribution in [0.5, 0.6) is 0 Å². The summed E-state index contributed by atoms with van der Waals surface area (Å²) in [5, 5.41) is 0. The molecule has 0 unspecified atom stereocenters. The van der Waals surface area contributed by atoms with Crippen molar-refractivity contribution in [1.29, 1.82) is 0 Å². The molecule has 0 heterocycles. The Morgan fingerprint density at radius 3 is 2.06 bits per heavy atom. The second-order valence-corrected chi connectivity index (χ2v) is 4.67. The zero-order valence-corrected chi connectivity index (χ0v) is 11.7. The molecule has 0 saturated carbocycles. The summed E-state index contributed by atoms with van der Waals surface area (Å²) < 4.78 is 0. The Balaban J connectivity index is 3.01. The molecule has 3 nitrogen and oxygen atoms in total. The SMILES string of the molecule is CCCCCCCCCC[NH2+]OC(=[O+])CCC. The zero-order chi connectivity index (χ0) is 12.8. The van der Waals surface area contributed by atoms with Gasteiger partial charge < -0.3 is 0 Å². The predicted octanol–water partition coefficient (Wildman–Crippen LogP) is 2.95. The quantitative estimate of drug-likeness (QED) is 0.326. The van der Waals surface area contributed by atoms with E-state index in [9.17, 15) is 4.79 Å². The van der Waals surface area contributed by atoms with Crippen LogP contribution < -0.4 is 5.48 Å². The minimum atomic E-state index is -0.0907. The molecule has 0 aliphatic heterocycles. The molecule has 2 N–H and O–H groups in total. The molecule has 0 spiro atoms. The molecule has 1 radical (unpaired) electrons. The van der Waals surface area contributed by atoms with E-state index in [2.05, 4.69) is 6.92 Å².